The van der Waals surface area contributed by atoms with Crippen molar-refractivity contribution < 1.29 is 0 Å². The standard InChI is InChI=1S/C11H10BrN3/c12-8-3-4-10(13)11(6-8)15-9-2-1-5-14-7-9/h1-7,15H,13H2. The van der Waals surface area contributed by atoms with Crippen molar-refractivity contribution in [1.29, 1.82) is 0 Å². The number of nitrogen functional groups attached to an aromatic ring is 1. The normalized spacial score (nSPS) is 9.93. The van der Waals surface area contributed by atoms with E-state index in [0.717, 1.165) is 15.8 Å². The Labute approximate surface area is 96.5 Å². The lowest BCUT2D eigenvalue weighted by Crippen LogP contribution is -1.96. The van der Waals surface area contributed by atoms with Crippen LogP contribution in [0.4, 0.5) is 17.1 Å². The van der Waals surface area contributed by atoms with Crippen LogP contribution in [0.1, 0.15) is 0 Å². The van der Waals surface area contributed by atoms with Gasteiger partial charge in [0.25, 0.3) is 0 Å². The summed E-state index contributed by atoms with van der Waals surface area (Å²) in [5.41, 5.74) is 8.34. The second-order valence-electron chi connectivity index (χ2n) is 3.10. The van der Waals surface area contributed by atoms with Crippen LogP contribution in [0.2, 0.25) is 0 Å². The Morgan fingerprint density at radius 3 is 2.87 bits per heavy atom. The molecule has 0 bridgehead atoms. The summed E-state index contributed by atoms with van der Waals surface area (Å²) < 4.78 is 0.989. The molecule has 0 aliphatic carbocycles. The summed E-state index contributed by atoms with van der Waals surface area (Å²) >= 11 is 3.40. The molecular formula is C11H10BrN3. The fourth-order valence-corrected chi connectivity index (χ4v) is 1.59. The summed E-state index contributed by atoms with van der Waals surface area (Å²) in [6.07, 6.45) is 3.48. The topological polar surface area (TPSA) is 50.9 Å². The van der Waals surface area contributed by atoms with Crippen LogP contribution in [0.15, 0.2) is 47.2 Å². The van der Waals surface area contributed by atoms with Gasteiger partial charge in [-0.15, -0.1) is 0 Å². The average molecular weight is 264 g/mol. The molecule has 4 heteroatoms. The highest BCUT2D eigenvalue weighted by molar-refractivity contribution is 9.10. The first kappa shape index (κ1) is 9.98. The molecule has 76 valence electrons. The van der Waals surface area contributed by atoms with E-state index in [2.05, 4.69) is 26.2 Å². The van der Waals surface area contributed by atoms with Gasteiger partial charge in [0, 0.05) is 10.7 Å². The summed E-state index contributed by atoms with van der Waals surface area (Å²) in [5, 5.41) is 3.20. The summed E-state index contributed by atoms with van der Waals surface area (Å²) in [6, 6.07) is 9.50. The molecule has 0 saturated carbocycles. The third kappa shape index (κ3) is 2.47. The van der Waals surface area contributed by atoms with Crippen molar-refractivity contribution in [2.24, 2.45) is 0 Å². The Morgan fingerprint density at radius 2 is 2.13 bits per heavy atom. The van der Waals surface area contributed by atoms with Crippen LogP contribution in [0.3, 0.4) is 0 Å². The smallest absolute Gasteiger partial charge is 0.0629 e. The van der Waals surface area contributed by atoms with Gasteiger partial charge in [0.2, 0.25) is 0 Å². The highest BCUT2D eigenvalue weighted by Crippen LogP contribution is 2.26. The number of anilines is 3. The maximum atomic E-state index is 5.83. The zero-order valence-electron chi connectivity index (χ0n) is 7.94. The van der Waals surface area contributed by atoms with Crippen molar-refractivity contribution in [3.63, 3.8) is 0 Å². The highest BCUT2D eigenvalue weighted by Gasteiger charge is 2.00. The molecule has 2 aromatic rings. The minimum Gasteiger partial charge on any atom is -0.397 e. The number of rotatable bonds is 2. The molecule has 1 aromatic heterocycles. The molecule has 0 aliphatic rings. The predicted molar refractivity (Wildman–Crippen MR) is 66.1 cm³/mol. The van der Waals surface area contributed by atoms with E-state index in [1.54, 1.807) is 12.4 Å². The molecule has 0 amide bonds. The molecule has 0 atom stereocenters. The van der Waals surface area contributed by atoms with E-state index in [4.69, 9.17) is 5.73 Å². The minimum atomic E-state index is 0.710. The van der Waals surface area contributed by atoms with E-state index < -0.39 is 0 Å². The van der Waals surface area contributed by atoms with Gasteiger partial charge in [-0.25, -0.2) is 0 Å². The Morgan fingerprint density at radius 1 is 1.27 bits per heavy atom. The number of pyridine rings is 1. The summed E-state index contributed by atoms with van der Waals surface area (Å²) in [7, 11) is 0. The number of aromatic nitrogens is 1. The zero-order valence-corrected chi connectivity index (χ0v) is 9.53. The van der Waals surface area contributed by atoms with Gasteiger partial charge in [-0.1, -0.05) is 15.9 Å². The Hall–Kier alpha value is -1.55. The molecule has 0 saturated heterocycles. The van der Waals surface area contributed by atoms with Gasteiger partial charge in [-0.05, 0) is 30.3 Å². The molecule has 0 spiro atoms. The predicted octanol–water partition coefficient (Wildman–Crippen LogP) is 3.17. The van der Waals surface area contributed by atoms with Crippen LogP contribution in [-0.2, 0) is 0 Å². The fourth-order valence-electron chi connectivity index (χ4n) is 1.23. The van der Waals surface area contributed by atoms with Crippen LogP contribution < -0.4 is 11.1 Å². The molecule has 1 aromatic carbocycles. The molecule has 3 nitrogen and oxygen atoms in total. The molecule has 0 radical (unpaired) electrons. The first-order chi connectivity index (χ1) is 7.25. The lowest BCUT2D eigenvalue weighted by molar-refractivity contribution is 1.32. The van der Waals surface area contributed by atoms with E-state index in [-0.39, 0.29) is 0 Å². The van der Waals surface area contributed by atoms with Gasteiger partial charge in [0.15, 0.2) is 0 Å². The van der Waals surface area contributed by atoms with Gasteiger partial charge < -0.3 is 11.1 Å². The molecule has 0 fully saturated rings. The SMILES string of the molecule is Nc1ccc(Br)cc1Nc1cccnc1. The average Bonchev–Trinajstić information content (AvgIpc) is 2.25. The number of nitrogens with two attached hydrogens (primary N) is 1. The molecule has 2 rings (SSSR count). The first-order valence-corrected chi connectivity index (χ1v) is 5.27. The van der Waals surface area contributed by atoms with Crippen LogP contribution in [-0.4, -0.2) is 4.98 Å². The van der Waals surface area contributed by atoms with Crippen molar-refractivity contribution in [1.82, 2.24) is 4.98 Å². The molecule has 0 unspecified atom stereocenters. The van der Waals surface area contributed by atoms with Crippen molar-refractivity contribution in [3.05, 3.63) is 47.2 Å². The molecule has 15 heavy (non-hydrogen) atoms. The van der Waals surface area contributed by atoms with Gasteiger partial charge in [0.1, 0.15) is 0 Å². The van der Waals surface area contributed by atoms with Crippen LogP contribution in [0.5, 0.6) is 0 Å². The fraction of sp³-hybridized carbons (Fsp3) is 0. The van der Waals surface area contributed by atoms with Crippen molar-refractivity contribution in [3.8, 4) is 0 Å². The van der Waals surface area contributed by atoms with E-state index in [9.17, 15) is 0 Å². The number of hydrogen-bond acceptors (Lipinski definition) is 3. The molecule has 0 aliphatic heterocycles. The van der Waals surface area contributed by atoms with Crippen molar-refractivity contribution in [2.75, 3.05) is 11.1 Å². The van der Waals surface area contributed by atoms with E-state index in [1.807, 2.05) is 30.3 Å². The van der Waals surface area contributed by atoms with Gasteiger partial charge >= 0.3 is 0 Å². The van der Waals surface area contributed by atoms with Crippen molar-refractivity contribution in [2.45, 2.75) is 0 Å². The minimum absolute atomic E-state index is 0.710. The van der Waals surface area contributed by atoms with Crippen LogP contribution in [0, 0.1) is 0 Å². The maximum absolute atomic E-state index is 5.83. The van der Waals surface area contributed by atoms with Gasteiger partial charge in [0.05, 0.1) is 23.3 Å². The summed E-state index contributed by atoms with van der Waals surface area (Å²) in [5.74, 6) is 0. The Bertz CT molecular complexity index is 457. The van der Waals surface area contributed by atoms with Gasteiger partial charge in [-0.2, -0.15) is 0 Å². The molecular weight excluding hydrogens is 254 g/mol. The van der Waals surface area contributed by atoms with Gasteiger partial charge in [-0.3, -0.25) is 4.98 Å². The molecule has 3 N–H and O–H groups in total. The lowest BCUT2D eigenvalue weighted by Gasteiger charge is -2.08. The Balaban J connectivity index is 2.28. The maximum Gasteiger partial charge on any atom is 0.0629 e. The number of halogens is 1. The number of hydrogen-bond donors (Lipinski definition) is 2. The largest absolute Gasteiger partial charge is 0.397 e. The second-order valence-corrected chi connectivity index (χ2v) is 4.01. The Kier molecular flexibility index (Phi) is 2.87. The van der Waals surface area contributed by atoms with E-state index in [1.165, 1.54) is 0 Å². The number of nitrogens with one attached hydrogen (secondary N) is 1. The highest BCUT2D eigenvalue weighted by atomic mass is 79.9. The number of benzene rings is 1. The first-order valence-electron chi connectivity index (χ1n) is 4.48. The second kappa shape index (κ2) is 4.31. The van der Waals surface area contributed by atoms with Crippen molar-refractivity contribution >= 4 is 33.0 Å². The van der Waals surface area contributed by atoms with Crippen LogP contribution >= 0.6 is 15.9 Å². The third-order valence-electron chi connectivity index (χ3n) is 1.96. The summed E-state index contributed by atoms with van der Waals surface area (Å²) in [4.78, 5) is 4.02. The van der Waals surface area contributed by atoms with E-state index >= 15 is 0 Å². The molecule has 1 heterocycles. The lowest BCUT2D eigenvalue weighted by atomic mass is 10.2. The third-order valence-corrected chi connectivity index (χ3v) is 2.45. The monoisotopic (exact) mass is 263 g/mol. The number of nitrogens with zero attached hydrogens (tertiary/aromatic N) is 1. The zero-order chi connectivity index (χ0) is 10.7. The summed E-state index contributed by atoms with van der Waals surface area (Å²) in [6.45, 7) is 0. The van der Waals surface area contributed by atoms with E-state index in [0.29, 0.717) is 5.69 Å². The van der Waals surface area contributed by atoms with Crippen LogP contribution in [0.25, 0.3) is 0 Å². The quantitative estimate of drug-likeness (QED) is 0.819.